The van der Waals surface area contributed by atoms with Crippen molar-refractivity contribution in [3.05, 3.63) is 30.5 Å². The van der Waals surface area contributed by atoms with Crippen molar-refractivity contribution in [1.82, 2.24) is 4.98 Å². The van der Waals surface area contributed by atoms with Crippen LogP contribution < -0.4 is 0 Å². The number of hydrogen-bond acceptors (Lipinski definition) is 7. The first-order chi connectivity index (χ1) is 10.5. The number of H-pyrrole nitrogens is 1. The maximum absolute atomic E-state index is 9.18. The fourth-order valence-corrected chi connectivity index (χ4v) is 2.14. The average Bonchev–Trinajstić information content (AvgIpc) is 2.91. The summed E-state index contributed by atoms with van der Waals surface area (Å²) in [6, 6.07) is 7.63. The van der Waals surface area contributed by atoms with Gasteiger partial charge in [-0.15, -0.1) is 0 Å². The lowest BCUT2D eigenvalue weighted by Gasteiger charge is -2.37. The molecule has 0 saturated carbocycles. The lowest BCUT2D eigenvalue weighted by atomic mass is 10.00. The molecule has 1 fully saturated rings. The monoisotopic (exact) mass is 313 g/mol. The van der Waals surface area contributed by atoms with E-state index in [0.717, 1.165) is 10.9 Å². The van der Waals surface area contributed by atoms with Crippen LogP contribution in [-0.4, -0.2) is 72.9 Å². The zero-order chi connectivity index (χ0) is 16.3. The number of fused-ring (bicyclic) bond motifs is 1. The first-order valence-electron chi connectivity index (χ1n) is 6.69. The Balaban J connectivity index is 0.000000162. The molecule has 1 aromatic heterocycles. The quantitative estimate of drug-likeness (QED) is 0.344. The third kappa shape index (κ3) is 3.38. The molecule has 7 N–H and O–H groups in total. The summed E-state index contributed by atoms with van der Waals surface area (Å²) in [6.07, 6.45) is -5.45. The van der Waals surface area contributed by atoms with Gasteiger partial charge in [0.1, 0.15) is 30.2 Å². The molecule has 0 unspecified atom stereocenters. The van der Waals surface area contributed by atoms with Crippen molar-refractivity contribution in [3.8, 4) is 5.75 Å². The molecule has 2 aromatic rings. The number of ether oxygens (including phenoxy) is 1. The normalized spacial score (nSPS) is 31.6. The number of para-hydroxylation sites is 1. The second kappa shape index (κ2) is 7.05. The minimum Gasteiger partial charge on any atom is -0.506 e. The Bertz CT molecular complexity index is 597. The first kappa shape index (κ1) is 16.7. The third-order valence-corrected chi connectivity index (χ3v) is 3.43. The predicted molar refractivity (Wildman–Crippen MR) is 75.9 cm³/mol. The zero-order valence-corrected chi connectivity index (χ0v) is 11.6. The van der Waals surface area contributed by atoms with Gasteiger partial charge in [0.2, 0.25) is 0 Å². The minimum absolute atomic E-state index is 0.315. The average molecular weight is 313 g/mol. The van der Waals surface area contributed by atoms with Crippen LogP contribution in [-0.2, 0) is 4.74 Å². The van der Waals surface area contributed by atoms with E-state index in [1.807, 2.05) is 24.3 Å². The van der Waals surface area contributed by atoms with E-state index in [0.29, 0.717) is 5.75 Å². The van der Waals surface area contributed by atoms with Crippen molar-refractivity contribution < 1.29 is 35.4 Å². The molecule has 0 bridgehead atoms. The number of aromatic nitrogens is 1. The Morgan fingerprint density at radius 1 is 1.00 bits per heavy atom. The molecule has 0 amide bonds. The van der Waals surface area contributed by atoms with Crippen LogP contribution in [0.3, 0.4) is 0 Å². The summed E-state index contributed by atoms with van der Waals surface area (Å²) in [5.41, 5.74) is 0.972. The molecule has 1 aliphatic heterocycles. The van der Waals surface area contributed by atoms with E-state index >= 15 is 0 Å². The van der Waals surface area contributed by atoms with Gasteiger partial charge < -0.3 is 40.4 Å². The van der Waals surface area contributed by atoms with Crippen LogP contribution in [0.15, 0.2) is 30.5 Å². The van der Waals surface area contributed by atoms with Crippen molar-refractivity contribution in [2.75, 3.05) is 6.61 Å². The molecule has 122 valence electrons. The number of aromatic hydroxyl groups is 1. The van der Waals surface area contributed by atoms with Crippen LogP contribution in [0.25, 0.3) is 10.9 Å². The Morgan fingerprint density at radius 3 is 2.32 bits per heavy atom. The number of aliphatic hydroxyl groups is 5. The molecule has 1 saturated heterocycles. The van der Waals surface area contributed by atoms with E-state index in [1.165, 1.54) is 0 Å². The topological polar surface area (TPSA) is 146 Å². The van der Waals surface area contributed by atoms with Gasteiger partial charge in [-0.25, -0.2) is 0 Å². The van der Waals surface area contributed by atoms with E-state index < -0.39 is 37.3 Å². The number of nitrogens with one attached hydrogen (secondary N) is 1. The van der Waals surface area contributed by atoms with Crippen molar-refractivity contribution in [2.45, 2.75) is 30.7 Å². The van der Waals surface area contributed by atoms with Crippen molar-refractivity contribution >= 4 is 10.9 Å². The molecule has 1 aromatic carbocycles. The fraction of sp³-hybridized carbons (Fsp3) is 0.429. The highest BCUT2D eigenvalue weighted by molar-refractivity contribution is 5.85. The number of aliphatic hydroxyl groups excluding tert-OH is 5. The molecular formula is C14H19NO7. The fourth-order valence-electron chi connectivity index (χ4n) is 2.14. The minimum atomic E-state index is -1.57. The van der Waals surface area contributed by atoms with E-state index in [4.69, 9.17) is 25.5 Å². The number of aromatic amines is 1. The SMILES string of the molecule is OC[C@H]1O[C@H](O)[C@@H](O)[C@@H](O)[C@@H]1O.Oc1c[nH]c2ccccc12. The van der Waals surface area contributed by atoms with Gasteiger partial charge in [-0.2, -0.15) is 0 Å². The Hall–Kier alpha value is -1.68. The second-order valence-corrected chi connectivity index (χ2v) is 4.94. The summed E-state index contributed by atoms with van der Waals surface area (Å²) in [7, 11) is 0. The maximum Gasteiger partial charge on any atom is 0.184 e. The summed E-state index contributed by atoms with van der Waals surface area (Å²) >= 11 is 0. The van der Waals surface area contributed by atoms with E-state index in [1.54, 1.807) is 6.20 Å². The Morgan fingerprint density at radius 2 is 1.68 bits per heavy atom. The molecule has 1 aliphatic rings. The van der Waals surface area contributed by atoms with E-state index in [2.05, 4.69) is 9.72 Å². The van der Waals surface area contributed by atoms with Crippen LogP contribution in [0, 0.1) is 0 Å². The molecule has 0 radical (unpaired) electrons. The van der Waals surface area contributed by atoms with Crippen LogP contribution in [0.5, 0.6) is 5.75 Å². The smallest absolute Gasteiger partial charge is 0.184 e. The first-order valence-corrected chi connectivity index (χ1v) is 6.69. The molecule has 22 heavy (non-hydrogen) atoms. The van der Waals surface area contributed by atoms with Gasteiger partial charge in [0.15, 0.2) is 6.29 Å². The van der Waals surface area contributed by atoms with Crippen LogP contribution in [0.2, 0.25) is 0 Å². The van der Waals surface area contributed by atoms with Gasteiger partial charge in [0, 0.05) is 17.1 Å². The number of benzene rings is 1. The second-order valence-electron chi connectivity index (χ2n) is 4.94. The summed E-state index contributed by atoms with van der Waals surface area (Å²) in [6.45, 7) is -0.526. The molecule has 8 heteroatoms. The Labute approximate surface area is 125 Å². The van der Waals surface area contributed by atoms with Crippen LogP contribution in [0.4, 0.5) is 0 Å². The summed E-state index contributed by atoms with van der Waals surface area (Å²) in [5.74, 6) is 0.315. The van der Waals surface area contributed by atoms with Crippen LogP contribution >= 0.6 is 0 Å². The molecule has 0 aliphatic carbocycles. The molecule has 3 rings (SSSR count). The highest BCUT2D eigenvalue weighted by Crippen LogP contribution is 2.22. The van der Waals surface area contributed by atoms with Crippen molar-refractivity contribution in [3.63, 3.8) is 0 Å². The van der Waals surface area contributed by atoms with Gasteiger partial charge in [0.25, 0.3) is 0 Å². The predicted octanol–water partition coefficient (Wildman–Crippen LogP) is -1.35. The van der Waals surface area contributed by atoms with E-state index in [9.17, 15) is 5.11 Å². The highest BCUT2D eigenvalue weighted by Gasteiger charge is 2.42. The number of rotatable bonds is 1. The molecule has 8 nitrogen and oxygen atoms in total. The Kier molecular flexibility index (Phi) is 5.35. The molecule has 2 heterocycles. The molecule has 5 atom stereocenters. The highest BCUT2D eigenvalue weighted by atomic mass is 16.6. The standard InChI is InChI=1S/C8H7NO.C6H12O6/c10-8-5-9-7-4-2-1-3-6(7)8;7-1-2-3(8)4(9)5(10)6(11)12-2/h1-5,9-10H;2-11H,1H2/t;2-,3-,4+,5+,6+/m.1/s1. The largest absolute Gasteiger partial charge is 0.506 e. The zero-order valence-electron chi connectivity index (χ0n) is 11.6. The summed E-state index contributed by atoms with van der Waals surface area (Å²) in [4.78, 5) is 2.94. The molecule has 0 spiro atoms. The van der Waals surface area contributed by atoms with Gasteiger partial charge in [-0.3, -0.25) is 0 Å². The van der Waals surface area contributed by atoms with Gasteiger partial charge in [-0.1, -0.05) is 12.1 Å². The summed E-state index contributed by atoms with van der Waals surface area (Å²) in [5, 5.41) is 54.7. The lowest BCUT2D eigenvalue weighted by Crippen LogP contribution is -2.58. The third-order valence-electron chi connectivity index (χ3n) is 3.43. The van der Waals surface area contributed by atoms with Crippen molar-refractivity contribution in [1.29, 1.82) is 0 Å². The van der Waals surface area contributed by atoms with Crippen molar-refractivity contribution in [2.24, 2.45) is 0 Å². The summed E-state index contributed by atoms with van der Waals surface area (Å²) < 4.78 is 4.58. The van der Waals surface area contributed by atoms with Gasteiger partial charge in [-0.05, 0) is 12.1 Å². The van der Waals surface area contributed by atoms with Crippen LogP contribution in [0.1, 0.15) is 0 Å². The van der Waals surface area contributed by atoms with Gasteiger partial charge in [0.05, 0.1) is 6.61 Å². The number of hydrogen-bond donors (Lipinski definition) is 7. The maximum atomic E-state index is 9.18. The molecular weight excluding hydrogens is 294 g/mol. The lowest BCUT2D eigenvalue weighted by molar-refractivity contribution is -0.286. The van der Waals surface area contributed by atoms with E-state index in [-0.39, 0.29) is 0 Å². The van der Waals surface area contributed by atoms with Gasteiger partial charge >= 0.3 is 0 Å².